The molecule has 1 aliphatic heterocycles. The molecule has 21 heavy (non-hydrogen) atoms. The van der Waals surface area contributed by atoms with Gasteiger partial charge in [0, 0.05) is 31.7 Å². The Hall–Kier alpha value is -1.31. The Balaban J connectivity index is 2.25. The van der Waals surface area contributed by atoms with Gasteiger partial charge < -0.3 is 14.6 Å². The molecule has 118 valence electrons. The molecule has 0 saturated carbocycles. The quantitative estimate of drug-likeness (QED) is 0.815. The minimum Gasteiger partial charge on any atom is -0.490 e. The van der Waals surface area contributed by atoms with Crippen molar-refractivity contribution in [2.75, 3.05) is 32.9 Å². The summed E-state index contributed by atoms with van der Waals surface area (Å²) in [6, 6.07) is 4.63. The fraction of sp³-hybridized carbons (Fsp3) is 0.571. The third kappa shape index (κ3) is 3.30. The third-order valence-corrected chi connectivity index (χ3v) is 5.16. The van der Waals surface area contributed by atoms with Crippen molar-refractivity contribution in [3.8, 4) is 11.5 Å². The first kappa shape index (κ1) is 16.1. The Morgan fingerprint density at radius 2 is 1.81 bits per heavy atom. The van der Waals surface area contributed by atoms with Crippen molar-refractivity contribution >= 4 is 10.0 Å². The van der Waals surface area contributed by atoms with Crippen molar-refractivity contribution in [3.63, 3.8) is 0 Å². The van der Waals surface area contributed by atoms with Crippen LogP contribution in [-0.2, 0) is 10.0 Å². The molecule has 1 fully saturated rings. The lowest BCUT2D eigenvalue weighted by molar-refractivity contribution is 0.117. The van der Waals surface area contributed by atoms with E-state index in [1.807, 2.05) is 13.8 Å². The number of ether oxygens (including phenoxy) is 2. The van der Waals surface area contributed by atoms with Gasteiger partial charge in [-0.05, 0) is 26.0 Å². The van der Waals surface area contributed by atoms with Gasteiger partial charge in [0.15, 0.2) is 11.5 Å². The second-order valence-electron chi connectivity index (χ2n) is 4.85. The van der Waals surface area contributed by atoms with Crippen molar-refractivity contribution in [1.82, 2.24) is 4.31 Å². The monoisotopic (exact) mass is 315 g/mol. The van der Waals surface area contributed by atoms with Crippen molar-refractivity contribution in [1.29, 1.82) is 0 Å². The van der Waals surface area contributed by atoms with Gasteiger partial charge >= 0.3 is 0 Å². The van der Waals surface area contributed by atoms with Crippen LogP contribution in [-0.4, -0.2) is 50.7 Å². The van der Waals surface area contributed by atoms with Crippen molar-refractivity contribution in [2.24, 2.45) is 5.92 Å². The molecule has 1 aliphatic rings. The highest BCUT2D eigenvalue weighted by atomic mass is 32.2. The number of aliphatic hydroxyl groups is 1. The summed E-state index contributed by atoms with van der Waals surface area (Å²) < 4.78 is 37.1. The van der Waals surface area contributed by atoms with E-state index in [9.17, 15) is 8.42 Å². The summed E-state index contributed by atoms with van der Waals surface area (Å²) in [5.41, 5.74) is 0. The second-order valence-corrected chi connectivity index (χ2v) is 6.78. The molecule has 1 saturated heterocycles. The van der Waals surface area contributed by atoms with Gasteiger partial charge in [-0.3, -0.25) is 0 Å². The summed E-state index contributed by atoms with van der Waals surface area (Å²) >= 11 is 0. The van der Waals surface area contributed by atoms with Crippen LogP contribution < -0.4 is 9.47 Å². The lowest BCUT2D eigenvalue weighted by Gasteiger charge is -2.36. The molecule has 0 aromatic heterocycles. The summed E-state index contributed by atoms with van der Waals surface area (Å²) in [4.78, 5) is 0.186. The van der Waals surface area contributed by atoms with Crippen LogP contribution in [0.4, 0.5) is 0 Å². The Morgan fingerprint density at radius 3 is 2.38 bits per heavy atom. The maximum atomic E-state index is 12.4. The van der Waals surface area contributed by atoms with Crippen molar-refractivity contribution < 1.29 is 23.0 Å². The first-order chi connectivity index (χ1) is 10.0. The van der Waals surface area contributed by atoms with Crippen LogP contribution >= 0.6 is 0 Å². The molecule has 0 amide bonds. The Morgan fingerprint density at radius 1 is 1.19 bits per heavy atom. The van der Waals surface area contributed by atoms with Crippen molar-refractivity contribution in [2.45, 2.75) is 18.7 Å². The molecule has 0 atom stereocenters. The minimum absolute atomic E-state index is 0.0134. The molecule has 1 aromatic rings. The summed E-state index contributed by atoms with van der Waals surface area (Å²) in [7, 11) is -3.53. The van der Waals surface area contributed by atoms with Crippen LogP contribution in [0.3, 0.4) is 0 Å². The second kappa shape index (κ2) is 6.64. The molecule has 0 bridgehead atoms. The number of aliphatic hydroxyl groups excluding tert-OH is 1. The van der Waals surface area contributed by atoms with Gasteiger partial charge in [0.25, 0.3) is 0 Å². The number of rotatable bonds is 7. The zero-order valence-corrected chi connectivity index (χ0v) is 13.1. The number of sulfonamides is 1. The molecular formula is C14H21NO5S. The zero-order chi connectivity index (χ0) is 15.5. The average Bonchev–Trinajstić information content (AvgIpc) is 2.39. The molecule has 1 N–H and O–H groups in total. The van der Waals surface area contributed by atoms with E-state index in [4.69, 9.17) is 14.6 Å². The normalized spacial score (nSPS) is 16.5. The minimum atomic E-state index is -3.53. The molecule has 6 nitrogen and oxygen atoms in total. The molecule has 1 heterocycles. The van der Waals surface area contributed by atoms with E-state index in [1.54, 1.807) is 6.07 Å². The van der Waals surface area contributed by atoms with Gasteiger partial charge in [-0.25, -0.2) is 8.42 Å². The van der Waals surface area contributed by atoms with Gasteiger partial charge in [0.2, 0.25) is 10.0 Å². The number of hydrogen-bond acceptors (Lipinski definition) is 5. The van der Waals surface area contributed by atoms with Gasteiger partial charge in [-0.15, -0.1) is 0 Å². The maximum absolute atomic E-state index is 12.4. The number of hydrogen-bond donors (Lipinski definition) is 1. The van der Waals surface area contributed by atoms with Crippen molar-refractivity contribution in [3.05, 3.63) is 18.2 Å². The van der Waals surface area contributed by atoms with Crippen LogP contribution in [0.25, 0.3) is 0 Å². The Labute approximate surface area is 125 Å². The topological polar surface area (TPSA) is 76.1 Å². The van der Waals surface area contributed by atoms with Gasteiger partial charge in [-0.1, -0.05) is 0 Å². The summed E-state index contributed by atoms with van der Waals surface area (Å²) in [5.74, 6) is 1.00. The Kier molecular flexibility index (Phi) is 5.08. The predicted octanol–water partition coefficient (Wildman–Crippen LogP) is 1.10. The number of nitrogens with zero attached hydrogens (tertiary/aromatic N) is 1. The van der Waals surface area contributed by atoms with E-state index in [0.717, 1.165) is 0 Å². The van der Waals surface area contributed by atoms with Crippen LogP contribution in [0.15, 0.2) is 23.1 Å². The van der Waals surface area contributed by atoms with Gasteiger partial charge in [-0.2, -0.15) is 4.31 Å². The fourth-order valence-corrected chi connectivity index (χ4v) is 3.78. The molecule has 0 radical (unpaired) electrons. The molecule has 7 heteroatoms. The van der Waals surface area contributed by atoms with Crippen LogP contribution in [0.1, 0.15) is 13.8 Å². The van der Waals surface area contributed by atoms with E-state index < -0.39 is 10.0 Å². The maximum Gasteiger partial charge on any atom is 0.243 e. The molecule has 0 unspecified atom stereocenters. The predicted molar refractivity (Wildman–Crippen MR) is 78.1 cm³/mol. The largest absolute Gasteiger partial charge is 0.490 e. The van der Waals surface area contributed by atoms with E-state index >= 15 is 0 Å². The summed E-state index contributed by atoms with van der Waals surface area (Å²) in [6.07, 6.45) is 0. The highest BCUT2D eigenvalue weighted by Crippen LogP contribution is 2.33. The molecule has 2 rings (SSSR count). The first-order valence-corrected chi connectivity index (χ1v) is 8.47. The van der Waals surface area contributed by atoms with Crippen LogP contribution in [0.2, 0.25) is 0 Å². The summed E-state index contributed by atoms with van der Waals surface area (Å²) in [6.45, 7) is 5.33. The smallest absolute Gasteiger partial charge is 0.243 e. The third-order valence-electron chi connectivity index (χ3n) is 3.33. The van der Waals surface area contributed by atoms with Crippen LogP contribution in [0, 0.1) is 5.92 Å². The zero-order valence-electron chi connectivity index (χ0n) is 12.3. The molecule has 0 aliphatic carbocycles. The lowest BCUT2D eigenvalue weighted by Crippen LogP contribution is -2.51. The molecule has 1 aromatic carbocycles. The highest BCUT2D eigenvalue weighted by Gasteiger charge is 2.36. The lowest BCUT2D eigenvalue weighted by atomic mass is 10.1. The first-order valence-electron chi connectivity index (χ1n) is 7.03. The summed E-state index contributed by atoms with van der Waals surface area (Å²) in [5, 5.41) is 8.99. The number of benzene rings is 1. The van der Waals surface area contributed by atoms with E-state index in [2.05, 4.69) is 0 Å². The van der Waals surface area contributed by atoms with Gasteiger partial charge in [0.1, 0.15) is 0 Å². The molecular weight excluding hydrogens is 294 g/mol. The van der Waals surface area contributed by atoms with Crippen LogP contribution in [0.5, 0.6) is 11.5 Å². The standard InChI is InChI=1S/C14H21NO5S/c1-3-19-13-6-5-12(7-14(13)20-4-2)21(17,18)15-8-11(9-15)10-16/h5-7,11,16H,3-4,8-10H2,1-2H3. The van der Waals surface area contributed by atoms with Gasteiger partial charge in [0.05, 0.1) is 18.1 Å². The highest BCUT2D eigenvalue weighted by molar-refractivity contribution is 7.89. The fourth-order valence-electron chi connectivity index (χ4n) is 2.18. The Bertz CT molecular complexity index is 581. The van der Waals surface area contributed by atoms with E-state index in [0.29, 0.717) is 37.8 Å². The van der Waals surface area contributed by atoms with E-state index in [-0.39, 0.29) is 17.4 Å². The van der Waals surface area contributed by atoms with E-state index in [1.165, 1.54) is 16.4 Å². The SMILES string of the molecule is CCOc1ccc(S(=O)(=O)N2CC(CO)C2)cc1OCC. The molecule has 0 spiro atoms. The average molecular weight is 315 g/mol.